The van der Waals surface area contributed by atoms with Crippen LogP contribution in [0, 0.1) is 13.8 Å². The van der Waals surface area contributed by atoms with Crippen molar-refractivity contribution in [1.82, 2.24) is 19.6 Å². The van der Waals surface area contributed by atoms with E-state index in [0.29, 0.717) is 17.2 Å². The Bertz CT molecular complexity index is 1050. The van der Waals surface area contributed by atoms with Crippen LogP contribution in [0.4, 0.5) is 5.82 Å². The summed E-state index contributed by atoms with van der Waals surface area (Å²) in [5.41, 5.74) is 5.00. The van der Waals surface area contributed by atoms with Crippen LogP contribution < -0.4 is 5.32 Å². The van der Waals surface area contributed by atoms with E-state index in [2.05, 4.69) is 20.5 Å². The number of pyridine rings is 1. The van der Waals surface area contributed by atoms with Gasteiger partial charge in [0.25, 0.3) is 5.91 Å². The minimum Gasteiger partial charge on any atom is -0.306 e. The van der Waals surface area contributed by atoms with Crippen LogP contribution in [0.5, 0.6) is 0 Å². The lowest BCUT2D eigenvalue weighted by Gasteiger charge is -2.06. The van der Waals surface area contributed by atoms with Crippen molar-refractivity contribution in [2.45, 2.75) is 13.8 Å². The van der Waals surface area contributed by atoms with Gasteiger partial charge in [-0.2, -0.15) is 5.10 Å². The molecule has 0 spiro atoms. The number of aromatic nitrogens is 4. The normalized spacial score (nSPS) is 11.0. The maximum atomic E-state index is 12.9. The summed E-state index contributed by atoms with van der Waals surface area (Å²) in [6, 6.07) is 13.6. The fraction of sp³-hybridized carbons (Fsp3) is 0.105. The molecule has 0 saturated heterocycles. The monoisotopic (exact) mass is 331 g/mol. The summed E-state index contributed by atoms with van der Waals surface area (Å²) in [4.78, 5) is 17.6. The van der Waals surface area contributed by atoms with E-state index in [0.717, 1.165) is 22.3 Å². The number of imidazole rings is 1. The molecule has 0 atom stereocenters. The van der Waals surface area contributed by atoms with Crippen LogP contribution in [0.25, 0.3) is 16.9 Å². The number of carbonyl (C=O) groups excluding carboxylic acids is 1. The van der Waals surface area contributed by atoms with Crippen molar-refractivity contribution in [3.8, 4) is 11.3 Å². The molecule has 3 heterocycles. The number of hydrogen-bond acceptors (Lipinski definition) is 3. The van der Waals surface area contributed by atoms with Crippen molar-refractivity contribution >= 4 is 17.4 Å². The van der Waals surface area contributed by atoms with Crippen LogP contribution in [0.2, 0.25) is 0 Å². The lowest BCUT2D eigenvalue weighted by atomic mass is 10.1. The molecule has 0 aliphatic heterocycles. The first kappa shape index (κ1) is 15.1. The first-order valence-electron chi connectivity index (χ1n) is 7.98. The molecular formula is C19H17N5O. The van der Waals surface area contributed by atoms with Gasteiger partial charge < -0.3 is 5.32 Å². The van der Waals surface area contributed by atoms with Gasteiger partial charge in [0, 0.05) is 17.8 Å². The second-order valence-electron chi connectivity index (χ2n) is 6.03. The number of aromatic amines is 1. The smallest absolute Gasteiger partial charge is 0.276 e. The minimum absolute atomic E-state index is 0.238. The first-order valence-corrected chi connectivity index (χ1v) is 7.98. The number of fused-ring (bicyclic) bond motifs is 1. The van der Waals surface area contributed by atoms with E-state index in [1.807, 2.05) is 60.8 Å². The fourth-order valence-corrected chi connectivity index (χ4v) is 2.79. The summed E-state index contributed by atoms with van der Waals surface area (Å²) >= 11 is 0. The molecule has 25 heavy (non-hydrogen) atoms. The molecule has 3 aromatic heterocycles. The van der Waals surface area contributed by atoms with Gasteiger partial charge in [0.15, 0.2) is 0 Å². The number of nitrogens with zero attached hydrogens (tertiary/aromatic N) is 3. The molecule has 0 aliphatic rings. The zero-order valence-corrected chi connectivity index (χ0v) is 13.9. The Morgan fingerprint density at radius 2 is 1.80 bits per heavy atom. The van der Waals surface area contributed by atoms with Crippen molar-refractivity contribution in [2.24, 2.45) is 0 Å². The summed E-state index contributed by atoms with van der Waals surface area (Å²) in [5.74, 6) is 0.306. The predicted octanol–water partition coefficient (Wildman–Crippen LogP) is 3.59. The Morgan fingerprint density at radius 1 is 1.04 bits per heavy atom. The van der Waals surface area contributed by atoms with E-state index in [-0.39, 0.29) is 5.91 Å². The number of aryl methyl sites for hydroxylation is 2. The number of nitrogens with one attached hydrogen (secondary N) is 2. The SMILES string of the molecule is Cc1ccc(-c2nc3ccc(C)cn3c2C(=O)Nc2ccn[nH]2)cc1. The Labute approximate surface area is 144 Å². The zero-order chi connectivity index (χ0) is 17.4. The number of carbonyl (C=O) groups is 1. The molecule has 6 nitrogen and oxygen atoms in total. The van der Waals surface area contributed by atoms with Gasteiger partial charge in [-0.3, -0.25) is 14.3 Å². The van der Waals surface area contributed by atoms with Gasteiger partial charge in [-0.25, -0.2) is 4.98 Å². The van der Waals surface area contributed by atoms with Crippen LogP contribution >= 0.6 is 0 Å². The molecule has 1 amide bonds. The van der Waals surface area contributed by atoms with Gasteiger partial charge in [0.05, 0.1) is 6.20 Å². The van der Waals surface area contributed by atoms with E-state index in [1.54, 1.807) is 12.3 Å². The third kappa shape index (κ3) is 2.78. The molecule has 6 heteroatoms. The highest BCUT2D eigenvalue weighted by Crippen LogP contribution is 2.26. The standard InChI is InChI=1S/C19H17N5O/c1-12-3-6-14(7-4-12)17-18(19(25)21-15-9-10-20-23-15)24-11-13(2)5-8-16(24)22-17/h3-11H,1-2H3,(H2,20,21,23,25). The third-order valence-electron chi connectivity index (χ3n) is 4.06. The van der Waals surface area contributed by atoms with E-state index in [1.165, 1.54) is 0 Å². The Hall–Kier alpha value is -3.41. The highest BCUT2D eigenvalue weighted by molar-refractivity contribution is 6.07. The molecule has 0 bridgehead atoms. The average molecular weight is 331 g/mol. The molecule has 0 aliphatic carbocycles. The van der Waals surface area contributed by atoms with Crippen LogP contribution in [0.15, 0.2) is 54.9 Å². The topological polar surface area (TPSA) is 75.1 Å². The maximum Gasteiger partial charge on any atom is 0.276 e. The molecular weight excluding hydrogens is 314 g/mol. The van der Waals surface area contributed by atoms with Crippen molar-refractivity contribution in [1.29, 1.82) is 0 Å². The number of rotatable bonds is 3. The van der Waals surface area contributed by atoms with Crippen molar-refractivity contribution in [3.63, 3.8) is 0 Å². The van der Waals surface area contributed by atoms with Gasteiger partial charge in [-0.05, 0) is 25.5 Å². The van der Waals surface area contributed by atoms with E-state index >= 15 is 0 Å². The minimum atomic E-state index is -0.238. The maximum absolute atomic E-state index is 12.9. The summed E-state index contributed by atoms with van der Waals surface area (Å²) in [5, 5.41) is 9.45. The second-order valence-corrected chi connectivity index (χ2v) is 6.03. The Kier molecular flexibility index (Phi) is 3.57. The predicted molar refractivity (Wildman–Crippen MR) is 96.6 cm³/mol. The van der Waals surface area contributed by atoms with Crippen molar-refractivity contribution in [3.05, 3.63) is 71.7 Å². The molecule has 0 unspecified atom stereocenters. The lowest BCUT2D eigenvalue weighted by Crippen LogP contribution is -2.16. The van der Waals surface area contributed by atoms with Crippen molar-refractivity contribution in [2.75, 3.05) is 5.32 Å². The number of hydrogen-bond donors (Lipinski definition) is 2. The highest BCUT2D eigenvalue weighted by Gasteiger charge is 2.21. The molecule has 0 fully saturated rings. The van der Waals surface area contributed by atoms with Gasteiger partial charge in [-0.15, -0.1) is 0 Å². The van der Waals surface area contributed by atoms with E-state index in [4.69, 9.17) is 0 Å². The molecule has 124 valence electrons. The largest absolute Gasteiger partial charge is 0.306 e. The van der Waals surface area contributed by atoms with Crippen LogP contribution in [0.1, 0.15) is 21.6 Å². The quantitative estimate of drug-likeness (QED) is 0.602. The summed E-state index contributed by atoms with van der Waals surface area (Å²) in [7, 11) is 0. The second kappa shape index (κ2) is 5.90. The molecule has 0 saturated carbocycles. The zero-order valence-electron chi connectivity index (χ0n) is 13.9. The van der Waals surface area contributed by atoms with E-state index < -0.39 is 0 Å². The molecule has 4 aromatic rings. The number of benzene rings is 1. The first-order chi connectivity index (χ1) is 12.1. The summed E-state index contributed by atoms with van der Waals surface area (Å²) in [6.45, 7) is 4.02. The lowest BCUT2D eigenvalue weighted by molar-refractivity contribution is 0.102. The molecule has 4 rings (SSSR count). The van der Waals surface area contributed by atoms with Crippen molar-refractivity contribution < 1.29 is 4.79 Å². The average Bonchev–Trinajstić information content (AvgIpc) is 3.22. The summed E-state index contributed by atoms with van der Waals surface area (Å²) in [6.07, 6.45) is 3.51. The fourth-order valence-electron chi connectivity index (χ4n) is 2.79. The number of H-pyrrole nitrogens is 1. The molecule has 2 N–H and O–H groups in total. The van der Waals surface area contributed by atoms with Gasteiger partial charge in [0.2, 0.25) is 0 Å². The van der Waals surface area contributed by atoms with Crippen LogP contribution in [-0.4, -0.2) is 25.5 Å². The third-order valence-corrected chi connectivity index (χ3v) is 4.06. The number of anilines is 1. The Balaban J connectivity index is 1.89. The van der Waals surface area contributed by atoms with Gasteiger partial charge in [-0.1, -0.05) is 35.9 Å². The van der Waals surface area contributed by atoms with Crippen LogP contribution in [-0.2, 0) is 0 Å². The van der Waals surface area contributed by atoms with Gasteiger partial charge in [0.1, 0.15) is 22.9 Å². The molecule has 0 radical (unpaired) electrons. The Morgan fingerprint density at radius 3 is 2.52 bits per heavy atom. The summed E-state index contributed by atoms with van der Waals surface area (Å²) < 4.78 is 1.83. The van der Waals surface area contributed by atoms with E-state index in [9.17, 15) is 4.79 Å². The van der Waals surface area contributed by atoms with Gasteiger partial charge >= 0.3 is 0 Å². The van der Waals surface area contributed by atoms with Crippen LogP contribution in [0.3, 0.4) is 0 Å². The molecule has 1 aromatic carbocycles. The number of amides is 1. The highest BCUT2D eigenvalue weighted by atomic mass is 16.2.